The second-order valence-electron chi connectivity index (χ2n) is 6.02. The molecule has 0 saturated heterocycles. The van der Waals surface area contributed by atoms with E-state index in [2.05, 4.69) is 12.1 Å². The molecule has 0 amide bonds. The van der Waals surface area contributed by atoms with E-state index in [4.69, 9.17) is 4.74 Å². The van der Waals surface area contributed by atoms with Gasteiger partial charge < -0.3 is 4.74 Å². The second-order valence-corrected chi connectivity index (χ2v) is 6.02. The normalized spacial score (nSPS) is 20.5. The van der Waals surface area contributed by atoms with Gasteiger partial charge in [-0.25, -0.2) is 0 Å². The third-order valence-corrected chi connectivity index (χ3v) is 4.76. The Kier molecular flexibility index (Phi) is 3.03. The second kappa shape index (κ2) is 5.03. The van der Waals surface area contributed by atoms with Crippen LogP contribution in [0.4, 0.5) is 0 Å². The number of hydrogen-bond donors (Lipinski definition) is 0. The van der Waals surface area contributed by atoms with Gasteiger partial charge in [0.05, 0.1) is 5.92 Å². The summed E-state index contributed by atoms with van der Waals surface area (Å²) in [5, 5.41) is 0. The predicted octanol–water partition coefficient (Wildman–Crippen LogP) is 4.31. The van der Waals surface area contributed by atoms with Gasteiger partial charge >= 0.3 is 0 Å². The third-order valence-electron chi connectivity index (χ3n) is 4.76. The van der Waals surface area contributed by atoms with E-state index in [0.717, 1.165) is 16.9 Å². The van der Waals surface area contributed by atoms with Gasteiger partial charge in [-0.2, -0.15) is 0 Å². The lowest BCUT2D eigenvalue weighted by molar-refractivity contribution is 0.0947. The Labute approximate surface area is 124 Å². The van der Waals surface area contributed by atoms with Crippen LogP contribution in [0.5, 0.6) is 5.75 Å². The van der Waals surface area contributed by atoms with Crippen molar-refractivity contribution in [3.63, 3.8) is 0 Å². The fourth-order valence-corrected chi connectivity index (χ4v) is 3.27. The van der Waals surface area contributed by atoms with Gasteiger partial charge in [0, 0.05) is 11.1 Å². The van der Waals surface area contributed by atoms with Crippen LogP contribution in [-0.4, -0.2) is 12.4 Å². The van der Waals surface area contributed by atoms with Crippen LogP contribution in [0, 0.1) is 0 Å². The standard InChI is InChI=1S/C19H18O2/c20-19(17-12-21-18-10-2-1-9-16(17)18)15-8-4-7-14(11-15)13-5-3-6-13/h1-2,4,7-11,13,17H,3,5-6,12H2. The largest absolute Gasteiger partial charge is 0.492 e. The molecule has 2 aromatic rings. The molecule has 2 aromatic carbocycles. The van der Waals surface area contributed by atoms with Gasteiger partial charge in [-0.3, -0.25) is 4.79 Å². The van der Waals surface area contributed by atoms with Crippen molar-refractivity contribution in [3.05, 3.63) is 65.2 Å². The molecule has 1 aliphatic carbocycles. The molecule has 2 aliphatic rings. The number of carbonyl (C=O) groups is 1. The zero-order valence-corrected chi connectivity index (χ0v) is 11.9. The quantitative estimate of drug-likeness (QED) is 0.782. The monoisotopic (exact) mass is 278 g/mol. The lowest BCUT2D eigenvalue weighted by Crippen LogP contribution is -2.15. The van der Waals surface area contributed by atoms with E-state index >= 15 is 0 Å². The van der Waals surface area contributed by atoms with Crippen LogP contribution in [0.15, 0.2) is 48.5 Å². The first-order valence-corrected chi connectivity index (χ1v) is 7.69. The summed E-state index contributed by atoms with van der Waals surface area (Å²) in [4.78, 5) is 12.8. The number of rotatable bonds is 3. The highest BCUT2D eigenvalue weighted by atomic mass is 16.5. The molecule has 1 unspecified atom stereocenters. The van der Waals surface area contributed by atoms with Gasteiger partial charge in [0.2, 0.25) is 0 Å². The highest BCUT2D eigenvalue weighted by molar-refractivity contribution is 6.02. The Balaban J connectivity index is 1.63. The molecule has 2 nitrogen and oxygen atoms in total. The van der Waals surface area contributed by atoms with Crippen molar-refractivity contribution in [3.8, 4) is 5.75 Å². The van der Waals surface area contributed by atoms with E-state index in [1.54, 1.807) is 0 Å². The summed E-state index contributed by atoms with van der Waals surface area (Å²) in [5.41, 5.74) is 3.17. The van der Waals surface area contributed by atoms with E-state index in [1.807, 2.05) is 36.4 Å². The average Bonchev–Trinajstić information content (AvgIpc) is 2.89. The van der Waals surface area contributed by atoms with Crippen LogP contribution >= 0.6 is 0 Å². The lowest BCUT2D eigenvalue weighted by atomic mass is 9.79. The Hall–Kier alpha value is -2.09. The van der Waals surface area contributed by atoms with Crippen LogP contribution in [-0.2, 0) is 0 Å². The van der Waals surface area contributed by atoms with Crippen molar-refractivity contribution >= 4 is 5.78 Å². The first kappa shape index (κ1) is 12.6. The summed E-state index contributed by atoms with van der Waals surface area (Å²) in [7, 11) is 0. The molecule has 1 aliphatic heterocycles. The van der Waals surface area contributed by atoms with Crippen molar-refractivity contribution in [2.75, 3.05) is 6.61 Å². The van der Waals surface area contributed by atoms with E-state index in [0.29, 0.717) is 12.5 Å². The summed E-state index contributed by atoms with van der Waals surface area (Å²) in [5.74, 6) is 1.54. The minimum absolute atomic E-state index is 0.155. The maximum absolute atomic E-state index is 12.8. The molecule has 2 heteroatoms. The van der Waals surface area contributed by atoms with E-state index in [-0.39, 0.29) is 11.7 Å². The Bertz CT molecular complexity index is 685. The maximum Gasteiger partial charge on any atom is 0.173 e. The Morgan fingerprint density at radius 3 is 2.71 bits per heavy atom. The van der Waals surface area contributed by atoms with E-state index in [9.17, 15) is 4.79 Å². The van der Waals surface area contributed by atoms with Gasteiger partial charge in [0.15, 0.2) is 5.78 Å². The van der Waals surface area contributed by atoms with Crippen LogP contribution in [0.25, 0.3) is 0 Å². The highest BCUT2D eigenvalue weighted by Crippen LogP contribution is 2.38. The minimum Gasteiger partial charge on any atom is -0.492 e. The van der Waals surface area contributed by atoms with Crippen LogP contribution in [0.1, 0.15) is 52.6 Å². The minimum atomic E-state index is -0.155. The molecule has 106 valence electrons. The first-order chi connectivity index (χ1) is 10.3. The molecule has 0 bridgehead atoms. The zero-order chi connectivity index (χ0) is 14.2. The number of Topliss-reactive ketones (excluding diaryl/α,β-unsaturated/α-hetero) is 1. The number of benzene rings is 2. The van der Waals surface area contributed by atoms with Crippen molar-refractivity contribution < 1.29 is 9.53 Å². The van der Waals surface area contributed by atoms with Crippen molar-refractivity contribution in [1.29, 1.82) is 0 Å². The summed E-state index contributed by atoms with van der Waals surface area (Å²) in [6.07, 6.45) is 3.83. The topological polar surface area (TPSA) is 26.3 Å². The third kappa shape index (κ3) is 2.15. The maximum atomic E-state index is 12.8. The zero-order valence-electron chi connectivity index (χ0n) is 11.9. The molecule has 1 atom stereocenters. The molecule has 0 aromatic heterocycles. The summed E-state index contributed by atoms with van der Waals surface area (Å²) >= 11 is 0. The molecule has 1 saturated carbocycles. The van der Waals surface area contributed by atoms with E-state index < -0.39 is 0 Å². The Morgan fingerprint density at radius 1 is 1.05 bits per heavy atom. The van der Waals surface area contributed by atoms with Crippen LogP contribution < -0.4 is 4.74 Å². The number of carbonyl (C=O) groups excluding carboxylic acids is 1. The van der Waals surface area contributed by atoms with Crippen LogP contribution in [0.3, 0.4) is 0 Å². The number of fused-ring (bicyclic) bond motifs is 1. The first-order valence-electron chi connectivity index (χ1n) is 7.69. The molecule has 21 heavy (non-hydrogen) atoms. The lowest BCUT2D eigenvalue weighted by Gasteiger charge is -2.26. The Morgan fingerprint density at radius 2 is 1.90 bits per heavy atom. The van der Waals surface area contributed by atoms with Gasteiger partial charge in [-0.15, -0.1) is 0 Å². The molecule has 4 rings (SSSR count). The molecular weight excluding hydrogens is 260 g/mol. The average molecular weight is 278 g/mol. The number of ether oxygens (including phenoxy) is 1. The summed E-state index contributed by atoms with van der Waals surface area (Å²) in [6.45, 7) is 0.464. The van der Waals surface area contributed by atoms with Gasteiger partial charge in [-0.05, 0) is 36.5 Å². The number of ketones is 1. The van der Waals surface area contributed by atoms with Crippen molar-refractivity contribution in [2.45, 2.75) is 31.1 Å². The summed E-state index contributed by atoms with van der Waals surface area (Å²) < 4.78 is 5.64. The van der Waals surface area contributed by atoms with E-state index in [1.165, 1.54) is 24.8 Å². The fourth-order valence-electron chi connectivity index (χ4n) is 3.27. The van der Waals surface area contributed by atoms with Gasteiger partial charge in [0.25, 0.3) is 0 Å². The molecule has 1 heterocycles. The van der Waals surface area contributed by atoms with Gasteiger partial charge in [-0.1, -0.05) is 42.8 Å². The summed E-state index contributed by atoms with van der Waals surface area (Å²) in [6, 6.07) is 16.1. The van der Waals surface area contributed by atoms with Crippen molar-refractivity contribution in [1.82, 2.24) is 0 Å². The molecule has 0 radical (unpaired) electrons. The number of para-hydroxylation sites is 1. The molecule has 0 spiro atoms. The SMILES string of the molecule is O=C(c1cccc(C2CCC2)c1)C1COc2ccccc21. The smallest absolute Gasteiger partial charge is 0.173 e. The molecule has 0 N–H and O–H groups in total. The fraction of sp³-hybridized carbons (Fsp3) is 0.316. The van der Waals surface area contributed by atoms with Crippen molar-refractivity contribution in [2.24, 2.45) is 0 Å². The van der Waals surface area contributed by atoms with Crippen LogP contribution in [0.2, 0.25) is 0 Å². The molecule has 1 fully saturated rings. The molecular formula is C19H18O2. The highest BCUT2D eigenvalue weighted by Gasteiger charge is 2.31. The number of hydrogen-bond acceptors (Lipinski definition) is 2. The predicted molar refractivity (Wildman–Crippen MR) is 82.0 cm³/mol. The van der Waals surface area contributed by atoms with Gasteiger partial charge in [0.1, 0.15) is 12.4 Å².